The summed E-state index contributed by atoms with van der Waals surface area (Å²) in [5.74, 6) is -0.985. The average Bonchev–Trinajstić information content (AvgIpc) is 2.78. The van der Waals surface area contributed by atoms with Crippen molar-refractivity contribution in [3.63, 3.8) is 0 Å². The number of hydrogen-bond acceptors (Lipinski definition) is 4. The average molecular weight is 358 g/mol. The summed E-state index contributed by atoms with van der Waals surface area (Å²) in [5.41, 5.74) is 0.898. The van der Waals surface area contributed by atoms with Crippen LogP contribution in [0.25, 0.3) is 0 Å². The van der Waals surface area contributed by atoms with Crippen molar-refractivity contribution in [2.45, 2.75) is 13.8 Å². The number of carbonyl (C=O) groups excluding carboxylic acids is 2. The molecule has 0 aliphatic rings. The molecule has 7 heteroatoms. The normalized spacial score (nSPS) is 10.4. The molecule has 0 radical (unpaired) electrons. The van der Waals surface area contributed by atoms with Gasteiger partial charge in [0.2, 0.25) is 0 Å². The molecule has 0 aliphatic heterocycles. The van der Waals surface area contributed by atoms with Gasteiger partial charge in [-0.25, -0.2) is 4.79 Å². The molecule has 22 heavy (non-hydrogen) atoms. The molecule has 1 heterocycles. The van der Waals surface area contributed by atoms with Crippen LogP contribution in [0, 0.1) is 13.8 Å². The Morgan fingerprint density at radius 3 is 2.55 bits per heavy atom. The van der Waals surface area contributed by atoms with E-state index in [1.165, 1.54) is 17.4 Å². The molecule has 1 amide bonds. The SMILES string of the molecule is Cc1cc(C(=O)OCC(=O)Nc2ccc(Cl)cc2Cl)c(C)s1. The minimum absolute atomic E-state index is 0.316. The Balaban J connectivity index is 1.92. The van der Waals surface area contributed by atoms with Gasteiger partial charge in [0.05, 0.1) is 16.3 Å². The second kappa shape index (κ2) is 7.13. The highest BCUT2D eigenvalue weighted by Crippen LogP contribution is 2.25. The molecule has 0 atom stereocenters. The largest absolute Gasteiger partial charge is 0.452 e. The Kier molecular flexibility index (Phi) is 5.45. The van der Waals surface area contributed by atoms with E-state index in [0.29, 0.717) is 21.3 Å². The number of benzene rings is 1. The summed E-state index contributed by atoms with van der Waals surface area (Å²) in [4.78, 5) is 25.6. The summed E-state index contributed by atoms with van der Waals surface area (Å²) >= 11 is 13.2. The molecular formula is C15H13Cl2NO3S. The van der Waals surface area contributed by atoms with Crippen LogP contribution in [0.15, 0.2) is 24.3 Å². The van der Waals surface area contributed by atoms with Crippen molar-refractivity contribution in [1.82, 2.24) is 0 Å². The van der Waals surface area contributed by atoms with Crippen LogP contribution >= 0.6 is 34.5 Å². The lowest BCUT2D eigenvalue weighted by atomic mass is 10.2. The third kappa shape index (κ3) is 4.22. The highest BCUT2D eigenvalue weighted by Gasteiger charge is 2.15. The molecule has 2 aromatic rings. The molecule has 0 spiro atoms. The first-order valence-electron chi connectivity index (χ1n) is 6.36. The topological polar surface area (TPSA) is 55.4 Å². The molecular weight excluding hydrogens is 345 g/mol. The van der Waals surface area contributed by atoms with Crippen LogP contribution in [0.3, 0.4) is 0 Å². The number of aryl methyl sites for hydroxylation is 2. The van der Waals surface area contributed by atoms with Gasteiger partial charge in [0.15, 0.2) is 6.61 Å². The lowest BCUT2D eigenvalue weighted by Gasteiger charge is -2.08. The molecule has 1 aromatic carbocycles. The Hall–Kier alpha value is -1.56. The van der Waals surface area contributed by atoms with E-state index < -0.39 is 11.9 Å². The van der Waals surface area contributed by atoms with E-state index in [2.05, 4.69) is 5.32 Å². The van der Waals surface area contributed by atoms with Gasteiger partial charge >= 0.3 is 5.97 Å². The maximum atomic E-state index is 11.9. The Morgan fingerprint density at radius 1 is 1.23 bits per heavy atom. The van der Waals surface area contributed by atoms with E-state index >= 15 is 0 Å². The number of amides is 1. The third-order valence-corrected chi connectivity index (χ3v) is 4.31. The van der Waals surface area contributed by atoms with Crippen LogP contribution in [-0.4, -0.2) is 18.5 Å². The fourth-order valence-electron chi connectivity index (χ4n) is 1.82. The second-order valence-corrected chi connectivity index (χ2v) is 6.88. The number of anilines is 1. The van der Waals surface area contributed by atoms with E-state index in [1.807, 2.05) is 13.8 Å². The van der Waals surface area contributed by atoms with Crippen LogP contribution < -0.4 is 5.32 Å². The predicted octanol–water partition coefficient (Wildman–Crippen LogP) is 4.47. The molecule has 0 unspecified atom stereocenters. The molecule has 2 rings (SSSR count). The summed E-state index contributed by atoms with van der Waals surface area (Å²) in [6, 6.07) is 6.45. The van der Waals surface area contributed by atoms with Gasteiger partial charge in [-0.1, -0.05) is 23.2 Å². The van der Waals surface area contributed by atoms with Gasteiger partial charge in [0, 0.05) is 14.8 Å². The van der Waals surface area contributed by atoms with E-state index in [1.54, 1.807) is 18.2 Å². The monoisotopic (exact) mass is 357 g/mol. The fraction of sp³-hybridized carbons (Fsp3) is 0.200. The zero-order valence-electron chi connectivity index (χ0n) is 11.9. The lowest BCUT2D eigenvalue weighted by Crippen LogP contribution is -2.21. The molecule has 0 bridgehead atoms. The van der Waals surface area contributed by atoms with Gasteiger partial charge in [0.1, 0.15) is 0 Å². The standard InChI is InChI=1S/C15H13Cl2NO3S/c1-8-5-11(9(2)22-8)15(20)21-7-14(19)18-13-4-3-10(16)6-12(13)17/h3-6H,7H2,1-2H3,(H,18,19). The van der Waals surface area contributed by atoms with Crippen molar-refractivity contribution in [3.05, 3.63) is 49.6 Å². The molecule has 0 saturated heterocycles. The minimum Gasteiger partial charge on any atom is -0.452 e. The van der Waals surface area contributed by atoms with Crippen molar-refractivity contribution in [3.8, 4) is 0 Å². The first kappa shape index (κ1) is 16.8. The summed E-state index contributed by atoms with van der Waals surface area (Å²) in [5, 5.41) is 3.35. The summed E-state index contributed by atoms with van der Waals surface area (Å²) < 4.78 is 5.01. The number of ether oxygens (including phenoxy) is 1. The zero-order valence-corrected chi connectivity index (χ0v) is 14.2. The van der Waals surface area contributed by atoms with Crippen molar-refractivity contribution in [2.24, 2.45) is 0 Å². The van der Waals surface area contributed by atoms with Crippen molar-refractivity contribution < 1.29 is 14.3 Å². The van der Waals surface area contributed by atoms with Crippen molar-refractivity contribution in [1.29, 1.82) is 0 Å². The van der Waals surface area contributed by atoms with E-state index in [4.69, 9.17) is 27.9 Å². The van der Waals surface area contributed by atoms with Crippen molar-refractivity contribution >= 4 is 52.1 Å². The Morgan fingerprint density at radius 2 is 1.95 bits per heavy atom. The molecule has 4 nitrogen and oxygen atoms in total. The number of rotatable bonds is 4. The minimum atomic E-state index is -0.515. The highest BCUT2D eigenvalue weighted by molar-refractivity contribution is 7.12. The molecule has 1 N–H and O–H groups in total. The van der Waals surface area contributed by atoms with Crippen LogP contribution in [0.2, 0.25) is 10.0 Å². The summed E-state index contributed by atoms with van der Waals surface area (Å²) in [6.45, 7) is 3.36. The van der Waals surface area contributed by atoms with Crippen LogP contribution in [0.5, 0.6) is 0 Å². The maximum Gasteiger partial charge on any atom is 0.339 e. The van der Waals surface area contributed by atoms with E-state index in [-0.39, 0.29) is 6.61 Å². The number of carbonyl (C=O) groups is 2. The third-order valence-electron chi connectivity index (χ3n) is 2.80. The summed E-state index contributed by atoms with van der Waals surface area (Å²) in [6.07, 6.45) is 0. The van der Waals surface area contributed by atoms with Gasteiger partial charge in [-0.15, -0.1) is 11.3 Å². The molecule has 116 valence electrons. The fourth-order valence-corrected chi connectivity index (χ4v) is 3.19. The van der Waals surface area contributed by atoms with Crippen LogP contribution in [-0.2, 0) is 9.53 Å². The molecule has 0 saturated carbocycles. The van der Waals surface area contributed by atoms with Crippen molar-refractivity contribution in [2.75, 3.05) is 11.9 Å². The van der Waals surface area contributed by atoms with Gasteiger partial charge < -0.3 is 10.1 Å². The molecule has 0 aliphatic carbocycles. The first-order valence-corrected chi connectivity index (χ1v) is 7.93. The summed E-state index contributed by atoms with van der Waals surface area (Å²) in [7, 11) is 0. The molecule has 0 fully saturated rings. The van der Waals surface area contributed by atoms with E-state index in [9.17, 15) is 9.59 Å². The van der Waals surface area contributed by atoms with Crippen LogP contribution in [0.4, 0.5) is 5.69 Å². The predicted molar refractivity (Wildman–Crippen MR) is 89.2 cm³/mol. The lowest BCUT2D eigenvalue weighted by molar-refractivity contribution is -0.119. The Bertz CT molecular complexity index is 728. The number of thiophene rings is 1. The van der Waals surface area contributed by atoms with Gasteiger partial charge in [-0.3, -0.25) is 4.79 Å². The van der Waals surface area contributed by atoms with Crippen LogP contribution in [0.1, 0.15) is 20.1 Å². The maximum absolute atomic E-state index is 11.9. The number of halogens is 2. The highest BCUT2D eigenvalue weighted by atomic mass is 35.5. The number of hydrogen-bond donors (Lipinski definition) is 1. The smallest absolute Gasteiger partial charge is 0.339 e. The van der Waals surface area contributed by atoms with E-state index in [0.717, 1.165) is 9.75 Å². The first-order chi connectivity index (χ1) is 10.4. The quantitative estimate of drug-likeness (QED) is 0.821. The second-order valence-electron chi connectivity index (χ2n) is 4.58. The van der Waals surface area contributed by atoms with Gasteiger partial charge in [-0.2, -0.15) is 0 Å². The number of esters is 1. The zero-order chi connectivity index (χ0) is 16.3. The van der Waals surface area contributed by atoms with Gasteiger partial charge in [0.25, 0.3) is 5.91 Å². The number of nitrogens with one attached hydrogen (secondary N) is 1. The molecule has 1 aromatic heterocycles. The van der Waals surface area contributed by atoms with Gasteiger partial charge in [-0.05, 0) is 38.1 Å². The Labute approximate surface area is 142 Å².